The van der Waals surface area contributed by atoms with Gasteiger partial charge in [0, 0.05) is 23.5 Å². The van der Waals surface area contributed by atoms with Crippen molar-refractivity contribution in [3.05, 3.63) is 28.8 Å². The lowest BCUT2D eigenvalue weighted by atomic mass is 9.84. The van der Waals surface area contributed by atoms with Gasteiger partial charge in [-0.05, 0) is 30.2 Å². The molecule has 1 atom stereocenters. The standard InChI is InChI=1S/C14H20ClNO2/c1-14(9-16-5-6-18-10-14)8-11-7-12(15)3-4-13(11)17-2/h3-4,7,16H,5-6,8-10H2,1-2H3. The molecule has 4 heteroatoms. The molecule has 1 aliphatic heterocycles. The molecule has 1 heterocycles. The van der Waals surface area contributed by atoms with Crippen LogP contribution in [0.25, 0.3) is 0 Å². The summed E-state index contributed by atoms with van der Waals surface area (Å²) in [6.45, 7) is 5.63. The van der Waals surface area contributed by atoms with Crippen molar-refractivity contribution in [2.45, 2.75) is 13.3 Å². The lowest BCUT2D eigenvalue weighted by Crippen LogP contribution is -2.34. The van der Waals surface area contributed by atoms with E-state index in [0.29, 0.717) is 0 Å². The minimum Gasteiger partial charge on any atom is -0.496 e. The molecule has 0 aliphatic carbocycles. The third kappa shape index (κ3) is 3.37. The van der Waals surface area contributed by atoms with Crippen LogP contribution in [0.4, 0.5) is 0 Å². The zero-order chi connectivity index (χ0) is 13.0. The normalized spacial score (nSPS) is 24.6. The molecule has 1 N–H and O–H groups in total. The first-order chi connectivity index (χ1) is 8.63. The molecule has 0 spiro atoms. The van der Waals surface area contributed by atoms with E-state index < -0.39 is 0 Å². The van der Waals surface area contributed by atoms with E-state index in [2.05, 4.69) is 12.2 Å². The summed E-state index contributed by atoms with van der Waals surface area (Å²) in [6.07, 6.45) is 0.893. The van der Waals surface area contributed by atoms with Gasteiger partial charge in [0.2, 0.25) is 0 Å². The molecule has 0 bridgehead atoms. The maximum absolute atomic E-state index is 6.07. The predicted octanol–water partition coefficient (Wildman–Crippen LogP) is 2.52. The number of methoxy groups -OCH3 is 1. The fourth-order valence-corrected chi connectivity index (χ4v) is 2.56. The van der Waals surface area contributed by atoms with Crippen molar-refractivity contribution in [2.24, 2.45) is 5.41 Å². The number of nitrogens with one attached hydrogen (secondary N) is 1. The molecule has 1 aliphatic rings. The second-order valence-electron chi connectivity index (χ2n) is 5.17. The highest BCUT2D eigenvalue weighted by Gasteiger charge is 2.28. The summed E-state index contributed by atoms with van der Waals surface area (Å²) in [6, 6.07) is 5.76. The highest BCUT2D eigenvalue weighted by atomic mass is 35.5. The molecule has 3 nitrogen and oxygen atoms in total. The lowest BCUT2D eigenvalue weighted by Gasteiger charge is -2.28. The molecule has 0 amide bonds. The van der Waals surface area contributed by atoms with E-state index in [9.17, 15) is 0 Å². The van der Waals surface area contributed by atoms with E-state index >= 15 is 0 Å². The van der Waals surface area contributed by atoms with Crippen LogP contribution in [0.2, 0.25) is 5.02 Å². The summed E-state index contributed by atoms with van der Waals surface area (Å²) in [4.78, 5) is 0. The SMILES string of the molecule is COc1ccc(Cl)cc1CC1(C)CNCCOC1. The van der Waals surface area contributed by atoms with Crippen molar-refractivity contribution in [2.75, 3.05) is 33.4 Å². The van der Waals surface area contributed by atoms with Gasteiger partial charge in [0.25, 0.3) is 0 Å². The van der Waals surface area contributed by atoms with Gasteiger partial charge in [-0.25, -0.2) is 0 Å². The Morgan fingerprint density at radius 3 is 3.11 bits per heavy atom. The van der Waals surface area contributed by atoms with E-state index in [-0.39, 0.29) is 5.41 Å². The molecular formula is C14H20ClNO2. The number of rotatable bonds is 3. The molecule has 2 rings (SSSR count). The Morgan fingerprint density at radius 1 is 1.50 bits per heavy atom. The summed E-state index contributed by atoms with van der Waals surface area (Å²) in [5.74, 6) is 0.893. The highest BCUT2D eigenvalue weighted by Crippen LogP contribution is 2.30. The average Bonchev–Trinajstić information content (AvgIpc) is 2.54. The van der Waals surface area contributed by atoms with Crippen LogP contribution in [0.5, 0.6) is 5.75 Å². The number of ether oxygens (including phenoxy) is 2. The molecule has 1 fully saturated rings. The number of halogens is 1. The van der Waals surface area contributed by atoms with Crippen molar-refractivity contribution >= 4 is 11.6 Å². The van der Waals surface area contributed by atoms with E-state index in [1.165, 1.54) is 0 Å². The first kappa shape index (κ1) is 13.7. The van der Waals surface area contributed by atoms with Crippen LogP contribution < -0.4 is 10.1 Å². The number of hydrogen-bond donors (Lipinski definition) is 1. The average molecular weight is 270 g/mol. The fourth-order valence-electron chi connectivity index (χ4n) is 2.36. The Labute approximate surface area is 113 Å². The van der Waals surface area contributed by atoms with Crippen LogP contribution in [0.15, 0.2) is 18.2 Å². The molecule has 1 aromatic carbocycles. The topological polar surface area (TPSA) is 30.5 Å². The molecule has 0 saturated carbocycles. The van der Waals surface area contributed by atoms with E-state index in [1.807, 2.05) is 18.2 Å². The molecule has 100 valence electrons. The van der Waals surface area contributed by atoms with Gasteiger partial charge in [0.15, 0.2) is 0 Å². The van der Waals surface area contributed by atoms with Gasteiger partial charge in [-0.1, -0.05) is 18.5 Å². The Balaban J connectivity index is 2.18. The first-order valence-corrected chi connectivity index (χ1v) is 6.62. The maximum atomic E-state index is 6.07. The van der Waals surface area contributed by atoms with Crippen LogP contribution >= 0.6 is 11.6 Å². The number of hydrogen-bond acceptors (Lipinski definition) is 3. The monoisotopic (exact) mass is 269 g/mol. The van der Waals surface area contributed by atoms with Crippen molar-refractivity contribution in [1.29, 1.82) is 0 Å². The quantitative estimate of drug-likeness (QED) is 0.915. The molecule has 1 unspecified atom stereocenters. The predicted molar refractivity (Wildman–Crippen MR) is 73.5 cm³/mol. The fraction of sp³-hybridized carbons (Fsp3) is 0.571. The molecule has 0 aromatic heterocycles. The second-order valence-corrected chi connectivity index (χ2v) is 5.61. The van der Waals surface area contributed by atoms with Gasteiger partial charge in [-0.15, -0.1) is 0 Å². The summed E-state index contributed by atoms with van der Waals surface area (Å²) in [7, 11) is 1.69. The molecule has 0 radical (unpaired) electrons. The zero-order valence-corrected chi connectivity index (χ0v) is 11.7. The Hall–Kier alpha value is -0.770. The minimum absolute atomic E-state index is 0.0778. The zero-order valence-electron chi connectivity index (χ0n) is 11.0. The van der Waals surface area contributed by atoms with Crippen molar-refractivity contribution in [1.82, 2.24) is 5.32 Å². The summed E-state index contributed by atoms with van der Waals surface area (Å²) in [5.41, 5.74) is 1.22. The summed E-state index contributed by atoms with van der Waals surface area (Å²) in [5, 5.41) is 4.16. The van der Waals surface area contributed by atoms with Crippen molar-refractivity contribution in [3.63, 3.8) is 0 Å². The Kier molecular flexibility index (Phi) is 4.49. The van der Waals surface area contributed by atoms with Gasteiger partial charge < -0.3 is 14.8 Å². The highest BCUT2D eigenvalue weighted by molar-refractivity contribution is 6.30. The van der Waals surface area contributed by atoms with Crippen molar-refractivity contribution < 1.29 is 9.47 Å². The van der Waals surface area contributed by atoms with Crippen molar-refractivity contribution in [3.8, 4) is 5.75 Å². The second kappa shape index (κ2) is 5.91. The van der Waals surface area contributed by atoms with Gasteiger partial charge >= 0.3 is 0 Å². The third-order valence-electron chi connectivity index (χ3n) is 3.29. The Bertz CT molecular complexity index is 401. The van der Waals surface area contributed by atoms with Crippen LogP contribution in [-0.2, 0) is 11.2 Å². The molecule has 1 aromatic rings. The van der Waals surface area contributed by atoms with Crippen LogP contribution in [0.1, 0.15) is 12.5 Å². The lowest BCUT2D eigenvalue weighted by molar-refractivity contribution is 0.0793. The van der Waals surface area contributed by atoms with Crippen LogP contribution in [-0.4, -0.2) is 33.4 Å². The van der Waals surface area contributed by atoms with E-state index in [4.69, 9.17) is 21.1 Å². The summed E-state index contributed by atoms with van der Waals surface area (Å²) < 4.78 is 11.0. The largest absolute Gasteiger partial charge is 0.496 e. The third-order valence-corrected chi connectivity index (χ3v) is 3.52. The number of benzene rings is 1. The van der Waals surface area contributed by atoms with E-state index in [0.717, 1.165) is 49.1 Å². The first-order valence-electron chi connectivity index (χ1n) is 6.24. The Morgan fingerprint density at radius 2 is 2.33 bits per heavy atom. The van der Waals surface area contributed by atoms with Gasteiger partial charge in [-0.3, -0.25) is 0 Å². The van der Waals surface area contributed by atoms with Gasteiger partial charge in [0.05, 0.1) is 20.3 Å². The smallest absolute Gasteiger partial charge is 0.122 e. The van der Waals surface area contributed by atoms with Gasteiger partial charge in [0.1, 0.15) is 5.75 Å². The molecule has 1 saturated heterocycles. The van der Waals surface area contributed by atoms with Crippen LogP contribution in [0, 0.1) is 5.41 Å². The summed E-state index contributed by atoms with van der Waals surface area (Å²) >= 11 is 6.07. The van der Waals surface area contributed by atoms with Gasteiger partial charge in [-0.2, -0.15) is 0 Å². The maximum Gasteiger partial charge on any atom is 0.122 e. The van der Waals surface area contributed by atoms with Crippen LogP contribution in [0.3, 0.4) is 0 Å². The molecular weight excluding hydrogens is 250 g/mol. The van der Waals surface area contributed by atoms with E-state index in [1.54, 1.807) is 7.11 Å². The minimum atomic E-state index is 0.0778. The molecule has 18 heavy (non-hydrogen) atoms.